The van der Waals surface area contributed by atoms with E-state index in [1.807, 2.05) is 0 Å². The van der Waals surface area contributed by atoms with Crippen molar-refractivity contribution in [1.29, 1.82) is 0 Å². The molecule has 2 aliphatic rings. The Labute approximate surface area is 366 Å². The van der Waals surface area contributed by atoms with Crippen molar-refractivity contribution >= 4 is 84.0 Å². The second kappa shape index (κ2) is 16.6. The van der Waals surface area contributed by atoms with E-state index in [1.165, 1.54) is 152 Å². The lowest BCUT2D eigenvalue weighted by molar-refractivity contribution is 0.602. The lowest BCUT2D eigenvalue weighted by Crippen LogP contribution is -2.10. The van der Waals surface area contributed by atoms with Crippen molar-refractivity contribution in [2.45, 2.75) is 71.1 Å². The second-order valence-electron chi connectivity index (χ2n) is 17.9. The summed E-state index contributed by atoms with van der Waals surface area (Å²) in [4.78, 5) is 2.44. The van der Waals surface area contributed by atoms with E-state index in [9.17, 15) is 0 Å². The Morgan fingerprint density at radius 3 is 1.40 bits per heavy atom. The zero-order chi connectivity index (χ0) is 41.4. The minimum absolute atomic E-state index is 1.13. The molecule has 0 amide bonds. The molecule has 0 saturated heterocycles. The Morgan fingerprint density at radius 2 is 0.855 bits per heavy atom. The van der Waals surface area contributed by atoms with Crippen molar-refractivity contribution < 1.29 is 0 Å². The van der Waals surface area contributed by atoms with Gasteiger partial charge in [-0.1, -0.05) is 175 Å². The van der Waals surface area contributed by atoms with E-state index in [0.717, 1.165) is 11.4 Å². The molecule has 9 aromatic carbocycles. The smallest absolute Gasteiger partial charge is 0.0540 e. The van der Waals surface area contributed by atoms with Crippen molar-refractivity contribution in [2.75, 3.05) is 4.90 Å². The van der Waals surface area contributed by atoms with Crippen LogP contribution in [0.15, 0.2) is 175 Å². The van der Waals surface area contributed by atoms with Gasteiger partial charge in [-0.25, -0.2) is 0 Å². The molecular weight excluding hydrogens is 747 g/mol. The van der Waals surface area contributed by atoms with E-state index >= 15 is 0 Å². The Balaban J connectivity index is 1.00. The molecule has 0 radical (unpaired) electrons. The van der Waals surface area contributed by atoms with Crippen molar-refractivity contribution in [1.82, 2.24) is 0 Å². The summed E-state index contributed by atoms with van der Waals surface area (Å²) < 4.78 is 0. The molecule has 62 heavy (non-hydrogen) atoms. The fourth-order valence-corrected chi connectivity index (χ4v) is 10.5. The van der Waals surface area contributed by atoms with Crippen LogP contribution in [-0.2, 0) is 0 Å². The summed E-state index contributed by atoms with van der Waals surface area (Å²) in [5.41, 5.74) is 15.4. The van der Waals surface area contributed by atoms with Gasteiger partial charge >= 0.3 is 0 Å². The molecule has 9 aromatic rings. The number of hydrogen-bond donors (Lipinski definition) is 0. The molecule has 0 aliphatic heterocycles. The minimum atomic E-state index is 1.13. The molecule has 0 unspecified atom stereocenters. The van der Waals surface area contributed by atoms with Crippen LogP contribution in [0.25, 0.3) is 66.9 Å². The van der Waals surface area contributed by atoms with Gasteiger partial charge in [0.1, 0.15) is 0 Å². The normalized spacial score (nSPS) is 14.5. The van der Waals surface area contributed by atoms with Crippen LogP contribution in [0.4, 0.5) is 17.1 Å². The van der Waals surface area contributed by atoms with Gasteiger partial charge in [0, 0.05) is 16.8 Å². The van der Waals surface area contributed by atoms with Crippen molar-refractivity contribution in [2.24, 2.45) is 0 Å². The van der Waals surface area contributed by atoms with Gasteiger partial charge in [0.15, 0.2) is 0 Å². The highest BCUT2D eigenvalue weighted by Gasteiger charge is 2.20. The van der Waals surface area contributed by atoms with E-state index in [4.69, 9.17) is 0 Å². The predicted molar refractivity (Wildman–Crippen MR) is 269 cm³/mol. The quantitative estimate of drug-likeness (QED) is 0.0841. The van der Waals surface area contributed by atoms with Gasteiger partial charge in [0.2, 0.25) is 0 Å². The number of benzene rings is 9. The highest BCUT2D eigenvalue weighted by molar-refractivity contribution is 6.34. The lowest BCUT2D eigenvalue weighted by Gasteiger charge is -2.28. The molecule has 0 bridgehead atoms. The Morgan fingerprint density at radius 1 is 0.403 bits per heavy atom. The molecule has 2 aliphatic carbocycles. The van der Waals surface area contributed by atoms with Gasteiger partial charge in [0.05, 0.1) is 5.69 Å². The van der Waals surface area contributed by atoms with Gasteiger partial charge in [0.25, 0.3) is 0 Å². The van der Waals surface area contributed by atoms with Crippen LogP contribution in [0.2, 0.25) is 0 Å². The highest BCUT2D eigenvalue weighted by atomic mass is 15.1. The number of anilines is 3. The molecule has 0 atom stereocenters. The third kappa shape index (κ3) is 7.41. The maximum atomic E-state index is 2.44. The molecular formula is C61H53N. The van der Waals surface area contributed by atoms with E-state index in [0.29, 0.717) is 0 Å². The first-order chi connectivity index (χ1) is 30.6. The summed E-state index contributed by atoms with van der Waals surface area (Å²) in [5.74, 6) is 0. The summed E-state index contributed by atoms with van der Waals surface area (Å²) in [6, 6.07) is 61.7. The van der Waals surface area contributed by atoms with Gasteiger partial charge in [-0.15, -0.1) is 0 Å². The number of fused-ring (bicyclic) bond motifs is 2. The Bertz CT molecular complexity index is 3000. The standard InChI is InChI=1S/C61H53N/c1-42-21-33-51(34-22-42)62(59-38-37-56-54-18-9-16-50-15-8-17-53(60(50)54)55-19-10-20-57(59)61(55)56)52-35-27-47(28-36-52)41-58(48-29-23-45(24-30-48)39-43-11-4-2-5-12-43)49-31-25-46(26-32-49)40-44-13-6-3-7-14-44/h8-10,15-41H,2-7,11-14H2,1H3. The van der Waals surface area contributed by atoms with Crippen LogP contribution in [0, 0.1) is 6.92 Å². The molecule has 2 fully saturated rings. The van der Waals surface area contributed by atoms with Gasteiger partial charge in [-0.05, 0) is 166 Å². The molecule has 0 spiro atoms. The molecule has 0 N–H and O–H groups in total. The summed E-state index contributed by atoms with van der Waals surface area (Å²) in [6.45, 7) is 2.16. The van der Waals surface area contributed by atoms with Gasteiger partial charge in [-0.2, -0.15) is 0 Å². The van der Waals surface area contributed by atoms with Crippen LogP contribution in [0.3, 0.4) is 0 Å². The maximum absolute atomic E-state index is 2.44. The first kappa shape index (κ1) is 38.2. The van der Waals surface area contributed by atoms with Gasteiger partial charge in [-0.3, -0.25) is 0 Å². The molecule has 0 heterocycles. The molecule has 0 aromatic heterocycles. The van der Waals surface area contributed by atoms with Crippen LogP contribution in [-0.4, -0.2) is 0 Å². The zero-order valence-corrected chi connectivity index (χ0v) is 35.8. The van der Waals surface area contributed by atoms with E-state index in [-0.39, 0.29) is 0 Å². The molecule has 11 rings (SSSR count). The summed E-state index contributed by atoms with van der Waals surface area (Å²) in [5, 5.41) is 10.4. The number of aryl methyl sites for hydroxylation is 1. The molecule has 1 heteroatoms. The van der Waals surface area contributed by atoms with Crippen molar-refractivity contribution in [3.8, 4) is 0 Å². The van der Waals surface area contributed by atoms with E-state index in [1.54, 1.807) is 11.1 Å². The monoisotopic (exact) mass is 799 g/mol. The third-order valence-electron chi connectivity index (χ3n) is 13.7. The van der Waals surface area contributed by atoms with Crippen LogP contribution >= 0.6 is 0 Å². The SMILES string of the molecule is Cc1ccc(N(c2ccc(C=C(c3ccc(C=C4CCCCC4)cc3)c3ccc(C=C4CCCCC4)cc3)cc2)c2ccc3c4cccc5cccc(c6cccc2c63)c54)cc1. The average molecular weight is 800 g/mol. The van der Waals surface area contributed by atoms with E-state index in [2.05, 4.69) is 194 Å². The lowest BCUT2D eigenvalue weighted by atomic mass is 9.89. The summed E-state index contributed by atoms with van der Waals surface area (Å²) in [7, 11) is 0. The highest BCUT2D eigenvalue weighted by Crippen LogP contribution is 2.46. The van der Waals surface area contributed by atoms with E-state index < -0.39 is 0 Å². The summed E-state index contributed by atoms with van der Waals surface area (Å²) in [6.07, 6.45) is 20.2. The summed E-state index contributed by atoms with van der Waals surface area (Å²) >= 11 is 0. The number of allylic oxidation sites excluding steroid dienone is 2. The third-order valence-corrected chi connectivity index (χ3v) is 13.7. The fraction of sp³-hybridized carbons (Fsp3) is 0.180. The first-order valence-electron chi connectivity index (χ1n) is 23.0. The Hall–Kier alpha value is -6.70. The second-order valence-corrected chi connectivity index (χ2v) is 17.9. The van der Waals surface area contributed by atoms with Gasteiger partial charge < -0.3 is 4.90 Å². The largest absolute Gasteiger partial charge is 0.310 e. The number of nitrogens with zero attached hydrogens (tertiary/aromatic N) is 1. The van der Waals surface area contributed by atoms with Crippen LogP contribution < -0.4 is 4.90 Å². The molecule has 302 valence electrons. The van der Waals surface area contributed by atoms with Crippen LogP contribution in [0.1, 0.15) is 97.6 Å². The van der Waals surface area contributed by atoms with Crippen molar-refractivity contribution in [3.63, 3.8) is 0 Å². The fourth-order valence-electron chi connectivity index (χ4n) is 10.5. The van der Waals surface area contributed by atoms with Crippen molar-refractivity contribution in [3.05, 3.63) is 208 Å². The number of rotatable bonds is 8. The Kier molecular flexibility index (Phi) is 10.3. The topological polar surface area (TPSA) is 3.24 Å². The zero-order valence-electron chi connectivity index (χ0n) is 35.8. The minimum Gasteiger partial charge on any atom is -0.310 e. The number of hydrogen-bond acceptors (Lipinski definition) is 1. The first-order valence-corrected chi connectivity index (χ1v) is 23.0. The average Bonchev–Trinajstić information content (AvgIpc) is 3.32. The molecule has 1 nitrogen and oxygen atoms in total. The molecule has 2 saturated carbocycles. The van der Waals surface area contributed by atoms with Crippen LogP contribution in [0.5, 0.6) is 0 Å². The predicted octanol–water partition coefficient (Wildman–Crippen LogP) is 17.8. The maximum Gasteiger partial charge on any atom is 0.0540 e.